The summed E-state index contributed by atoms with van der Waals surface area (Å²) in [5, 5.41) is 8.87. The van der Waals surface area contributed by atoms with Crippen molar-refractivity contribution in [3.05, 3.63) is 66.7 Å². The van der Waals surface area contributed by atoms with Crippen LogP contribution in [0.1, 0.15) is 0 Å². The standard InChI is InChI=1S/C17H17FN6O3S/c18-14-7-4-9-19-16(14)24-11-8-15(22-24)21-17(25)20-10-12-28(26,27)23-13-5-2-1-3-6-13/h1-9,11,23H,10,12H2,(H2,20,21,22,25). The molecule has 0 atom stereocenters. The van der Waals surface area contributed by atoms with Gasteiger partial charge >= 0.3 is 6.03 Å². The van der Waals surface area contributed by atoms with Crippen LogP contribution < -0.4 is 15.4 Å². The first-order valence-corrected chi connectivity index (χ1v) is 9.85. The van der Waals surface area contributed by atoms with Crippen molar-refractivity contribution in [2.24, 2.45) is 0 Å². The van der Waals surface area contributed by atoms with E-state index in [0.717, 1.165) is 0 Å². The fourth-order valence-electron chi connectivity index (χ4n) is 2.25. The largest absolute Gasteiger partial charge is 0.337 e. The number of halogens is 1. The molecule has 28 heavy (non-hydrogen) atoms. The third-order valence-corrected chi connectivity index (χ3v) is 4.78. The third-order valence-electron chi connectivity index (χ3n) is 3.49. The predicted molar refractivity (Wildman–Crippen MR) is 102 cm³/mol. The molecule has 146 valence electrons. The van der Waals surface area contributed by atoms with Crippen molar-refractivity contribution in [2.45, 2.75) is 0 Å². The minimum atomic E-state index is -3.60. The SMILES string of the molecule is O=C(NCCS(=O)(=O)Nc1ccccc1)Nc1ccn(-c2ncccc2F)n1. The molecule has 0 saturated carbocycles. The van der Waals surface area contributed by atoms with E-state index in [9.17, 15) is 17.6 Å². The molecule has 2 heterocycles. The number of amides is 2. The monoisotopic (exact) mass is 404 g/mol. The molecule has 0 radical (unpaired) electrons. The molecule has 1 aromatic carbocycles. The van der Waals surface area contributed by atoms with Crippen molar-refractivity contribution >= 4 is 27.6 Å². The number of nitrogens with zero attached hydrogens (tertiary/aromatic N) is 3. The number of para-hydroxylation sites is 1. The number of hydrogen-bond donors (Lipinski definition) is 3. The van der Waals surface area contributed by atoms with Crippen LogP contribution in [0.2, 0.25) is 0 Å². The van der Waals surface area contributed by atoms with E-state index in [1.165, 1.54) is 35.3 Å². The molecular formula is C17H17FN6O3S. The number of benzene rings is 1. The van der Waals surface area contributed by atoms with E-state index in [0.29, 0.717) is 5.69 Å². The summed E-state index contributed by atoms with van der Waals surface area (Å²) >= 11 is 0. The zero-order valence-corrected chi connectivity index (χ0v) is 15.4. The van der Waals surface area contributed by atoms with E-state index in [1.54, 1.807) is 30.3 Å². The van der Waals surface area contributed by atoms with Gasteiger partial charge in [-0.2, -0.15) is 0 Å². The second-order valence-corrected chi connectivity index (χ2v) is 7.46. The van der Waals surface area contributed by atoms with Crippen molar-refractivity contribution in [1.82, 2.24) is 20.1 Å². The molecule has 3 rings (SSSR count). The highest BCUT2D eigenvalue weighted by Gasteiger charge is 2.12. The summed E-state index contributed by atoms with van der Waals surface area (Å²) in [5.74, 6) is -0.706. The summed E-state index contributed by atoms with van der Waals surface area (Å²) in [6.07, 6.45) is 2.86. The van der Waals surface area contributed by atoms with Crippen LogP contribution in [-0.2, 0) is 10.0 Å². The Morgan fingerprint density at radius 2 is 1.89 bits per heavy atom. The second kappa shape index (κ2) is 8.48. The minimum absolute atomic E-state index is 0.00552. The maximum Gasteiger partial charge on any atom is 0.320 e. The number of nitrogens with one attached hydrogen (secondary N) is 3. The summed E-state index contributed by atoms with van der Waals surface area (Å²) in [6, 6.07) is 12.0. The Labute approximate surface area is 160 Å². The molecule has 0 unspecified atom stereocenters. The van der Waals surface area contributed by atoms with Gasteiger partial charge in [0.15, 0.2) is 17.5 Å². The molecular weight excluding hydrogens is 387 g/mol. The van der Waals surface area contributed by atoms with Gasteiger partial charge in [-0.15, -0.1) is 5.10 Å². The molecule has 0 spiro atoms. The zero-order valence-electron chi connectivity index (χ0n) is 14.5. The number of carbonyl (C=O) groups excluding carboxylic acids is 1. The van der Waals surface area contributed by atoms with Gasteiger partial charge in [0.2, 0.25) is 10.0 Å². The van der Waals surface area contributed by atoms with Gasteiger partial charge in [-0.05, 0) is 24.3 Å². The molecule has 3 N–H and O–H groups in total. The normalized spacial score (nSPS) is 11.0. The highest BCUT2D eigenvalue weighted by Crippen LogP contribution is 2.11. The lowest BCUT2D eigenvalue weighted by atomic mass is 10.3. The number of sulfonamides is 1. The van der Waals surface area contributed by atoms with E-state index in [1.807, 2.05) is 0 Å². The van der Waals surface area contributed by atoms with E-state index in [4.69, 9.17) is 0 Å². The van der Waals surface area contributed by atoms with Gasteiger partial charge in [-0.1, -0.05) is 18.2 Å². The van der Waals surface area contributed by atoms with Gasteiger partial charge in [0, 0.05) is 30.7 Å². The van der Waals surface area contributed by atoms with Gasteiger partial charge in [0.25, 0.3) is 0 Å². The van der Waals surface area contributed by atoms with Crippen molar-refractivity contribution in [3.8, 4) is 5.82 Å². The van der Waals surface area contributed by atoms with Crippen LogP contribution in [0.15, 0.2) is 60.9 Å². The minimum Gasteiger partial charge on any atom is -0.337 e. The Morgan fingerprint density at radius 1 is 1.11 bits per heavy atom. The molecule has 0 bridgehead atoms. The van der Waals surface area contributed by atoms with Crippen LogP contribution in [-0.4, -0.2) is 41.5 Å². The fraction of sp³-hybridized carbons (Fsp3) is 0.118. The Morgan fingerprint density at radius 3 is 2.64 bits per heavy atom. The van der Waals surface area contributed by atoms with E-state index in [2.05, 4.69) is 25.4 Å². The van der Waals surface area contributed by atoms with Crippen LogP contribution in [0.5, 0.6) is 0 Å². The average molecular weight is 404 g/mol. The summed E-state index contributed by atoms with van der Waals surface area (Å²) in [6.45, 7) is -0.108. The second-order valence-electron chi connectivity index (χ2n) is 5.62. The first kappa shape index (κ1) is 19.3. The highest BCUT2D eigenvalue weighted by molar-refractivity contribution is 7.92. The average Bonchev–Trinajstić information content (AvgIpc) is 3.10. The predicted octanol–water partition coefficient (Wildman–Crippen LogP) is 1.97. The Bertz CT molecular complexity index is 1060. The third kappa shape index (κ3) is 5.27. The Hall–Kier alpha value is -3.47. The quantitative estimate of drug-likeness (QED) is 0.556. The number of aromatic nitrogens is 3. The molecule has 0 aliphatic carbocycles. The molecule has 0 aliphatic heterocycles. The summed E-state index contributed by atoms with van der Waals surface area (Å²) in [4.78, 5) is 15.8. The van der Waals surface area contributed by atoms with Gasteiger partial charge in [-0.3, -0.25) is 10.0 Å². The van der Waals surface area contributed by atoms with Crippen LogP contribution in [0.4, 0.5) is 20.7 Å². The van der Waals surface area contributed by atoms with E-state index < -0.39 is 21.9 Å². The number of pyridine rings is 1. The van der Waals surface area contributed by atoms with Crippen molar-refractivity contribution in [1.29, 1.82) is 0 Å². The summed E-state index contributed by atoms with van der Waals surface area (Å²) in [5.41, 5.74) is 0.444. The molecule has 0 aliphatic rings. The number of carbonyl (C=O) groups is 1. The lowest BCUT2D eigenvalue weighted by molar-refractivity contribution is 0.252. The van der Waals surface area contributed by atoms with Crippen LogP contribution >= 0.6 is 0 Å². The Kier molecular flexibility index (Phi) is 5.84. The highest BCUT2D eigenvalue weighted by atomic mass is 32.2. The lowest BCUT2D eigenvalue weighted by Crippen LogP contribution is -2.34. The topological polar surface area (TPSA) is 118 Å². The number of hydrogen-bond acceptors (Lipinski definition) is 5. The van der Waals surface area contributed by atoms with Crippen molar-refractivity contribution in [3.63, 3.8) is 0 Å². The fourth-order valence-corrected chi connectivity index (χ4v) is 3.22. The Balaban J connectivity index is 1.49. The summed E-state index contributed by atoms with van der Waals surface area (Å²) < 4.78 is 41.3. The van der Waals surface area contributed by atoms with Gasteiger partial charge < -0.3 is 5.32 Å². The smallest absolute Gasteiger partial charge is 0.320 e. The molecule has 9 nitrogen and oxygen atoms in total. The maximum atomic E-state index is 13.7. The number of rotatable bonds is 7. The first-order valence-electron chi connectivity index (χ1n) is 8.20. The van der Waals surface area contributed by atoms with Gasteiger partial charge in [0.1, 0.15) is 0 Å². The van der Waals surface area contributed by atoms with Crippen LogP contribution in [0, 0.1) is 5.82 Å². The van der Waals surface area contributed by atoms with Gasteiger partial charge in [-0.25, -0.2) is 27.3 Å². The van der Waals surface area contributed by atoms with Crippen molar-refractivity contribution in [2.75, 3.05) is 22.3 Å². The van der Waals surface area contributed by atoms with Crippen LogP contribution in [0.25, 0.3) is 5.82 Å². The van der Waals surface area contributed by atoms with E-state index in [-0.39, 0.29) is 23.9 Å². The zero-order chi connectivity index (χ0) is 20.0. The number of anilines is 2. The first-order chi connectivity index (χ1) is 13.4. The molecule has 2 aromatic heterocycles. The van der Waals surface area contributed by atoms with Crippen LogP contribution in [0.3, 0.4) is 0 Å². The van der Waals surface area contributed by atoms with Gasteiger partial charge in [0.05, 0.1) is 5.75 Å². The lowest BCUT2D eigenvalue weighted by Gasteiger charge is -2.09. The molecule has 0 saturated heterocycles. The molecule has 11 heteroatoms. The molecule has 0 fully saturated rings. The van der Waals surface area contributed by atoms with Crippen molar-refractivity contribution < 1.29 is 17.6 Å². The summed E-state index contributed by atoms with van der Waals surface area (Å²) in [7, 11) is -3.60. The van der Waals surface area contributed by atoms with E-state index >= 15 is 0 Å². The molecule has 3 aromatic rings. The maximum absolute atomic E-state index is 13.7. The number of urea groups is 1. The molecule has 2 amide bonds.